The van der Waals surface area contributed by atoms with Crippen molar-refractivity contribution < 1.29 is 4.52 Å². The van der Waals surface area contributed by atoms with Crippen molar-refractivity contribution in [2.75, 3.05) is 5.73 Å². The molecule has 90 valence electrons. The van der Waals surface area contributed by atoms with E-state index in [-0.39, 0.29) is 0 Å². The van der Waals surface area contributed by atoms with E-state index in [0.717, 1.165) is 15.7 Å². The topological polar surface area (TPSA) is 80.7 Å². The molecule has 0 saturated heterocycles. The Hall–Kier alpha value is -2.08. The Bertz CT molecular complexity index is 675. The summed E-state index contributed by atoms with van der Waals surface area (Å²) in [5, 5.41) is 3.93. The molecule has 6 heteroatoms. The molecular weight excluding hydrogens is 296 g/mol. The van der Waals surface area contributed by atoms with Crippen LogP contribution in [0.15, 0.2) is 45.5 Å². The van der Waals surface area contributed by atoms with Crippen LogP contribution in [-0.2, 0) is 0 Å². The molecule has 0 spiro atoms. The number of halogens is 1. The molecule has 2 heterocycles. The predicted octanol–water partition coefficient (Wildman–Crippen LogP) is 3.08. The molecule has 0 aliphatic heterocycles. The van der Waals surface area contributed by atoms with E-state index in [0.29, 0.717) is 17.4 Å². The first kappa shape index (κ1) is 11.0. The Morgan fingerprint density at radius 2 is 2.17 bits per heavy atom. The van der Waals surface area contributed by atoms with E-state index in [2.05, 4.69) is 31.1 Å². The van der Waals surface area contributed by atoms with Crippen LogP contribution in [0.5, 0.6) is 0 Å². The highest BCUT2D eigenvalue weighted by molar-refractivity contribution is 9.10. The fourth-order valence-corrected chi connectivity index (χ4v) is 2.03. The molecule has 3 N–H and O–H groups in total. The minimum absolute atomic E-state index is 0.429. The van der Waals surface area contributed by atoms with Crippen molar-refractivity contribution in [3.63, 3.8) is 0 Å². The Balaban J connectivity index is 2.05. The highest BCUT2D eigenvalue weighted by Crippen LogP contribution is 2.29. The van der Waals surface area contributed by atoms with Gasteiger partial charge in [-0.15, -0.1) is 0 Å². The lowest BCUT2D eigenvalue weighted by Crippen LogP contribution is -1.87. The molecule has 5 nitrogen and oxygen atoms in total. The summed E-state index contributed by atoms with van der Waals surface area (Å²) in [5.41, 5.74) is 7.98. The molecule has 1 aromatic carbocycles. The lowest BCUT2D eigenvalue weighted by Gasteiger charge is -1.99. The number of nitrogens with zero attached hydrogens (tertiary/aromatic N) is 2. The van der Waals surface area contributed by atoms with Crippen LogP contribution in [-0.4, -0.2) is 15.1 Å². The Labute approximate surface area is 111 Å². The van der Waals surface area contributed by atoms with E-state index in [1.165, 1.54) is 0 Å². The zero-order chi connectivity index (χ0) is 12.5. The van der Waals surface area contributed by atoms with Crippen LogP contribution < -0.4 is 5.73 Å². The maximum absolute atomic E-state index is 5.75. The summed E-state index contributed by atoms with van der Waals surface area (Å²) in [6.07, 6.45) is 1.81. The highest BCUT2D eigenvalue weighted by atomic mass is 79.9. The highest BCUT2D eigenvalue weighted by Gasteiger charge is 2.13. The van der Waals surface area contributed by atoms with Crippen LogP contribution in [0.1, 0.15) is 0 Å². The monoisotopic (exact) mass is 304 g/mol. The lowest BCUT2D eigenvalue weighted by atomic mass is 10.2. The largest absolute Gasteiger partial charge is 0.399 e. The zero-order valence-electron chi connectivity index (χ0n) is 9.22. The number of nitrogen functional groups attached to an aromatic ring is 1. The van der Waals surface area contributed by atoms with Gasteiger partial charge in [-0.25, -0.2) is 0 Å². The third kappa shape index (κ3) is 1.91. The van der Waals surface area contributed by atoms with E-state index in [9.17, 15) is 0 Å². The number of aromatic amines is 1. The number of aromatic nitrogens is 3. The first-order valence-corrected chi connectivity index (χ1v) is 6.06. The van der Waals surface area contributed by atoms with Gasteiger partial charge in [0.25, 0.3) is 5.89 Å². The fraction of sp³-hybridized carbons (Fsp3) is 0. The van der Waals surface area contributed by atoms with Crippen LogP contribution in [0.3, 0.4) is 0 Å². The molecule has 2 aromatic heterocycles. The molecule has 0 saturated carbocycles. The Morgan fingerprint density at radius 1 is 1.28 bits per heavy atom. The Kier molecular flexibility index (Phi) is 2.64. The molecule has 0 fully saturated rings. The molecule has 0 aliphatic rings. The number of anilines is 1. The standard InChI is InChI=1S/C12H9BrN4O/c13-9-4-3-7(14)6-8(9)12-16-11(17-18-12)10-2-1-5-15-10/h1-6,15H,14H2. The number of rotatable bonds is 2. The smallest absolute Gasteiger partial charge is 0.259 e. The third-order valence-corrected chi connectivity index (χ3v) is 3.18. The van der Waals surface area contributed by atoms with Gasteiger partial charge in [-0.2, -0.15) is 4.98 Å². The van der Waals surface area contributed by atoms with Gasteiger partial charge >= 0.3 is 0 Å². The number of H-pyrrole nitrogens is 1. The Morgan fingerprint density at radius 3 is 2.94 bits per heavy atom. The van der Waals surface area contributed by atoms with Crippen LogP contribution in [0.25, 0.3) is 23.0 Å². The summed E-state index contributed by atoms with van der Waals surface area (Å²) in [7, 11) is 0. The first-order chi connectivity index (χ1) is 8.74. The molecular formula is C12H9BrN4O. The molecule has 3 rings (SSSR count). The summed E-state index contributed by atoms with van der Waals surface area (Å²) in [6.45, 7) is 0. The zero-order valence-corrected chi connectivity index (χ0v) is 10.8. The van der Waals surface area contributed by atoms with Gasteiger partial charge in [-0.3, -0.25) is 0 Å². The van der Waals surface area contributed by atoms with E-state index in [1.807, 2.05) is 24.4 Å². The van der Waals surface area contributed by atoms with Gasteiger partial charge in [0.05, 0.1) is 11.3 Å². The van der Waals surface area contributed by atoms with Crippen molar-refractivity contribution in [1.82, 2.24) is 15.1 Å². The van der Waals surface area contributed by atoms with Crippen molar-refractivity contribution >= 4 is 21.6 Å². The van der Waals surface area contributed by atoms with E-state index in [1.54, 1.807) is 12.1 Å². The van der Waals surface area contributed by atoms with Crippen LogP contribution >= 0.6 is 15.9 Å². The fourth-order valence-electron chi connectivity index (χ4n) is 1.62. The van der Waals surface area contributed by atoms with Gasteiger partial charge in [0.15, 0.2) is 0 Å². The summed E-state index contributed by atoms with van der Waals surface area (Å²) < 4.78 is 6.10. The van der Waals surface area contributed by atoms with Gasteiger partial charge in [-0.1, -0.05) is 5.16 Å². The van der Waals surface area contributed by atoms with E-state index in [4.69, 9.17) is 10.3 Å². The van der Waals surface area contributed by atoms with Gasteiger partial charge < -0.3 is 15.2 Å². The quantitative estimate of drug-likeness (QED) is 0.713. The number of nitrogens with two attached hydrogens (primary N) is 1. The molecule has 0 unspecified atom stereocenters. The minimum atomic E-state index is 0.429. The molecule has 0 amide bonds. The second-order valence-electron chi connectivity index (χ2n) is 3.75. The summed E-state index contributed by atoms with van der Waals surface area (Å²) in [5.74, 6) is 0.947. The van der Waals surface area contributed by atoms with Crippen LogP contribution in [0.2, 0.25) is 0 Å². The number of hydrogen-bond acceptors (Lipinski definition) is 4. The SMILES string of the molecule is Nc1ccc(Br)c(-c2nc(-c3ccc[nH]3)no2)c1. The van der Waals surface area contributed by atoms with Gasteiger partial charge in [0.1, 0.15) is 0 Å². The molecule has 3 aromatic rings. The second kappa shape index (κ2) is 4.30. The number of benzene rings is 1. The lowest BCUT2D eigenvalue weighted by molar-refractivity contribution is 0.432. The number of nitrogens with one attached hydrogen (secondary N) is 1. The second-order valence-corrected chi connectivity index (χ2v) is 4.60. The molecule has 0 aliphatic carbocycles. The molecule has 0 atom stereocenters. The molecule has 0 radical (unpaired) electrons. The maximum atomic E-state index is 5.75. The summed E-state index contributed by atoms with van der Waals surface area (Å²) in [4.78, 5) is 7.35. The van der Waals surface area contributed by atoms with Crippen molar-refractivity contribution in [2.24, 2.45) is 0 Å². The molecule has 0 bridgehead atoms. The third-order valence-electron chi connectivity index (χ3n) is 2.49. The number of hydrogen-bond donors (Lipinski definition) is 2. The average Bonchev–Trinajstić information content (AvgIpc) is 3.00. The van der Waals surface area contributed by atoms with Gasteiger partial charge in [0.2, 0.25) is 5.82 Å². The first-order valence-electron chi connectivity index (χ1n) is 5.27. The van der Waals surface area contributed by atoms with E-state index >= 15 is 0 Å². The van der Waals surface area contributed by atoms with Crippen LogP contribution in [0.4, 0.5) is 5.69 Å². The summed E-state index contributed by atoms with van der Waals surface area (Å²) >= 11 is 3.43. The van der Waals surface area contributed by atoms with Crippen molar-refractivity contribution in [2.45, 2.75) is 0 Å². The van der Waals surface area contributed by atoms with E-state index < -0.39 is 0 Å². The van der Waals surface area contributed by atoms with Crippen molar-refractivity contribution in [1.29, 1.82) is 0 Å². The van der Waals surface area contributed by atoms with Crippen molar-refractivity contribution in [3.05, 3.63) is 41.0 Å². The predicted molar refractivity (Wildman–Crippen MR) is 71.6 cm³/mol. The van der Waals surface area contributed by atoms with Gasteiger partial charge in [-0.05, 0) is 46.3 Å². The van der Waals surface area contributed by atoms with Crippen molar-refractivity contribution in [3.8, 4) is 23.0 Å². The van der Waals surface area contributed by atoms with Crippen LogP contribution in [0, 0.1) is 0 Å². The minimum Gasteiger partial charge on any atom is -0.399 e. The maximum Gasteiger partial charge on any atom is 0.259 e. The van der Waals surface area contributed by atoms with Gasteiger partial charge in [0, 0.05) is 16.4 Å². The molecule has 18 heavy (non-hydrogen) atoms. The summed E-state index contributed by atoms with van der Waals surface area (Å²) in [6, 6.07) is 9.19. The average molecular weight is 305 g/mol. The normalized spacial score (nSPS) is 10.7.